The van der Waals surface area contributed by atoms with Gasteiger partial charge in [0.25, 0.3) is 0 Å². The largest absolute Gasteiger partial charge is 0.491 e. The summed E-state index contributed by atoms with van der Waals surface area (Å²) in [5.41, 5.74) is 0.763. The number of ether oxygens (including phenoxy) is 1. The van der Waals surface area contributed by atoms with Gasteiger partial charge < -0.3 is 4.74 Å². The summed E-state index contributed by atoms with van der Waals surface area (Å²) in [4.78, 5) is 11.5. The Labute approximate surface area is 101 Å². The highest BCUT2D eigenvalue weighted by atomic mass is 16.5. The molecule has 0 unspecified atom stereocenters. The molecule has 2 aromatic rings. The van der Waals surface area contributed by atoms with Gasteiger partial charge in [0, 0.05) is 5.56 Å². The molecule has 0 aliphatic rings. The first kappa shape index (κ1) is 11.6. The zero-order valence-corrected chi connectivity index (χ0v) is 10.4. The van der Waals surface area contributed by atoms with Crippen LogP contribution in [0.2, 0.25) is 0 Å². The van der Waals surface area contributed by atoms with Crippen LogP contribution >= 0.6 is 0 Å². The van der Waals surface area contributed by atoms with Crippen LogP contribution in [0.4, 0.5) is 0 Å². The number of hydrogen-bond acceptors (Lipinski definition) is 2. The van der Waals surface area contributed by atoms with E-state index in [0.29, 0.717) is 0 Å². The van der Waals surface area contributed by atoms with Gasteiger partial charge in [0.05, 0.1) is 6.10 Å². The molecule has 0 radical (unpaired) electrons. The smallest absolute Gasteiger partial charge is 0.160 e. The van der Waals surface area contributed by atoms with E-state index in [1.807, 2.05) is 50.2 Å². The molecule has 0 saturated carbocycles. The third kappa shape index (κ3) is 2.47. The second kappa shape index (κ2) is 4.58. The summed E-state index contributed by atoms with van der Waals surface area (Å²) < 4.78 is 5.64. The SMILES string of the molecule is CC(=O)c1cccc2cc(OC(C)C)ccc12. The second-order valence-corrected chi connectivity index (χ2v) is 4.41. The van der Waals surface area contributed by atoms with Crippen molar-refractivity contribution in [2.24, 2.45) is 0 Å². The monoisotopic (exact) mass is 228 g/mol. The molecule has 2 rings (SSSR count). The topological polar surface area (TPSA) is 26.3 Å². The first-order valence-electron chi connectivity index (χ1n) is 5.78. The van der Waals surface area contributed by atoms with E-state index in [2.05, 4.69) is 0 Å². The van der Waals surface area contributed by atoms with Gasteiger partial charge in [-0.05, 0) is 49.7 Å². The second-order valence-electron chi connectivity index (χ2n) is 4.41. The highest BCUT2D eigenvalue weighted by Gasteiger charge is 2.06. The average Bonchev–Trinajstić information content (AvgIpc) is 2.26. The molecular weight excluding hydrogens is 212 g/mol. The minimum Gasteiger partial charge on any atom is -0.491 e. The molecule has 0 saturated heterocycles. The van der Waals surface area contributed by atoms with Crippen LogP contribution in [0.15, 0.2) is 36.4 Å². The first-order chi connectivity index (χ1) is 8.08. The van der Waals surface area contributed by atoms with Crippen LogP contribution in [0.25, 0.3) is 10.8 Å². The maximum Gasteiger partial charge on any atom is 0.160 e. The van der Waals surface area contributed by atoms with Gasteiger partial charge in [-0.25, -0.2) is 0 Å². The maximum atomic E-state index is 11.5. The fraction of sp³-hybridized carbons (Fsp3) is 0.267. The Kier molecular flexibility index (Phi) is 3.14. The normalized spacial score (nSPS) is 10.8. The number of fused-ring (bicyclic) bond motifs is 1. The van der Waals surface area contributed by atoms with Gasteiger partial charge in [0.2, 0.25) is 0 Å². The van der Waals surface area contributed by atoms with Crippen molar-refractivity contribution in [1.29, 1.82) is 0 Å². The van der Waals surface area contributed by atoms with Crippen LogP contribution in [-0.2, 0) is 0 Å². The van der Waals surface area contributed by atoms with Crippen molar-refractivity contribution < 1.29 is 9.53 Å². The summed E-state index contributed by atoms with van der Waals surface area (Å²) in [5.74, 6) is 0.932. The average molecular weight is 228 g/mol. The van der Waals surface area contributed by atoms with Gasteiger partial charge in [-0.2, -0.15) is 0 Å². The molecule has 0 N–H and O–H groups in total. The van der Waals surface area contributed by atoms with Crippen molar-refractivity contribution in [3.8, 4) is 5.75 Å². The zero-order valence-electron chi connectivity index (χ0n) is 10.4. The lowest BCUT2D eigenvalue weighted by molar-refractivity contribution is 0.101. The van der Waals surface area contributed by atoms with Crippen molar-refractivity contribution in [1.82, 2.24) is 0 Å². The summed E-state index contributed by atoms with van der Waals surface area (Å²) in [6.07, 6.45) is 0.156. The molecular formula is C15H16O2. The maximum absolute atomic E-state index is 11.5. The Bertz CT molecular complexity index is 556. The molecule has 2 heteroatoms. The van der Waals surface area contributed by atoms with E-state index < -0.39 is 0 Å². The van der Waals surface area contributed by atoms with Gasteiger partial charge in [-0.1, -0.05) is 18.2 Å². The lowest BCUT2D eigenvalue weighted by Crippen LogP contribution is -2.05. The van der Waals surface area contributed by atoms with Crippen LogP contribution < -0.4 is 4.74 Å². The molecule has 88 valence electrons. The highest BCUT2D eigenvalue weighted by Crippen LogP contribution is 2.24. The Morgan fingerprint density at radius 3 is 2.59 bits per heavy atom. The van der Waals surface area contributed by atoms with Gasteiger partial charge in [0.1, 0.15) is 5.75 Å². The molecule has 0 heterocycles. The molecule has 0 bridgehead atoms. The van der Waals surface area contributed by atoms with E-state index in [4.69, 9.17) is 4.74 Å². The summed E-state index contributed by atoms with van der Waals surface area (Å²) >= 11 is 0. The molecule has 0 aliphatic heterocycles. The Balaban J connectivity index is 2.53. The molecule has 0 amide bonds. The third-order valence-corrected chi connectivity index (χ3v) is 2.60. The standard InChI is InChI=1S/C15H16O2/c1-10(2)17-13-7-8-15-12(9-13)5-4-6-14(15)11(3)16/h4-10H,1-3H3. The van der Waals surface area contributed by atoms with E-state index in [0.717, 1.165) is 22.1 Å². The predicted octanol–water partition coefficient (Wildman–Crippen LogP) is 3.83. The van der Waals surface area contributed by atoms with Gasteiger partial charge in [-0.3, -0.25) is 4.79 Å². The van der Waals surface area contributed by atoms with Gasteiger partial charge in [0.15, 0.2) is 5.78 Å². The highest BCUT2D eigenvalue weighted by molar-refractivity contribution is 6.07. The third-order valence-electron chi connectivity index (χ3n) is 2.60. The molecule has 2 nitrogen and oxygen atoms in total. The van der Waals surface area contributed by atoms with Gasteiger partial charge in [-0.15, -0.1) is 0 Å². The van der Waals surface area contributed by atoms with Gasteiger partial charge >= 0.3 is 0 Å². The number of rotatable bonds is 3. The fourth-order valence-electron chi connectivity index (χ4n) is 1.91. The van der Waals surface area contributed by atoms with Crippen LogP contribution in [0.3, 0.4) is 0 Å². The predicted molar refractivity (Wildman–Crippen MR) is 69.7 cm³/mol. The molecule has 0 atom stereocenters. The van der Waals surface area contributed by atoms with Crippen molar-refractivity contribution in [3.63, 3.8) is 0 Å². The van der Waals surface area contributed by atoms with Crippen molar-refractivity contribution in [2.45, 2.75) is 26.9 Å². The minimum absolute atomic E-state index is 0.0909. The number of benzene rings is 2. The molecule has 2 aromatic carbocycles. The Morgan fingerprint density at radius 2 is 1.94 bits per heavy atom. The Hall–Kier alpha value is -1.83. The van der Waals surface area contributed by atoms with Crippen LogP contribution in [0.1, 0.15) is 31.1 Å². The number of carbonyl (C=O) groups excluding carboxylic acids is 1. The first-order valence-corrected chi connectivity index (χ1v) is 5.78. The molecule has 0 aliphatic carbocycles. The van der Waals surface area contributed by atoms with E-state index in [-0.39, 0.29) is 11.9 Å². The number of Topliss-reactive ketones (excluding diaryl/α,β-unsaturated/α-hetero) is 1. The van der Waals surface area contributed by atoms with Crippen LogP contribution in [-0.4, -0.2) is 11.9 Å². The lowest BCUT2D eigenvalue weighted by atomic mass is 10.0. The summed E-state index contributed by atoms with van der Waals surface area (Å²) in [6, 6.07) is 11.6. The number of carbonyl (C=O) groups is 1. The summed E-state index contributed by atoms with van der Waals surface area (Å²) in [5, 5.41) is 2.02. The summed E-state index contributed by atoms with van der Waals surface area (Å²) in [6.45, 7) is 5.58. The fourth-order valence-corrected chi connectivity index (χ4v) is 1.91. The zero-order chi connectivity index (χ0) is 12.4. The van der Waals surface area contributed by atoms with Crippen LogP contribution in [0.5, 0.6) is 5.75 Å². The lowest BCUT2D eigenvalue weighted by Gasteiger charge is -2.11. The summed E-state index contributed by atoms with van der Waals surface area (Å²) in [7, 11) is 0. The number of ketones is 1. The van der Waals surface area contributed by atoms with Crippen molar-refractivity contribution >= 4 is 16.6 Å². The van der Waals surface area contributed by atoms with Crippen molar-refractivity contribution in [2.75, 3.05) is 0 Å². The number of hydrogen-bond donors (Lipinski definition) is 0. The van der Waals surface area contributed by atoms with E-state index >= 15 is 0 Å². The molecule has 0 spiro atoms. The minimum atomic E-state index is 0.0909. The van der Waals surface area contributed by atoms with E-state index in [1.165, 1.54) is 0 Å². The van der Waals surface area contributed by atoms with Crippen molar-refractivity contribution in [3.05, 3.63) is 42.0 Å². The molecule has 0 fully saturated rings. The Morgan fingerprint density at radius 1 is 1.18 bits per heavy atom. The van der Waals surface area contributed by atoms with E-state index in [9.17, 15) is 4.79 Å². The van der Waals surface area contributed by atoms with Crippen LogP contribution in [0, 0.1) is 0 Å². The quantitative estimate of drug-likeness (QED) is 0.746. The molecule has 0 aromatic heterocycles. The van der Waals surface area contributed by atoms with E-state index in [1.54, 1.807) is 6.92 Å². The molecule has 17 heavy (non-hydrogen) atoms.